The molecule has 2 N–H and O–H groups in total. The van der Waals surface area contributed by atoms with E-state index in [4.69, 9.17) is 4.52 Å². The third-order valence-corrected chi connectivity index (χ3v) is 4.02. The molecule has 2 amide bonds. The van der Waals surface area contributed by atoms with E-state index in [1.807, 2.05) is 37.3 Å². The Bertz CT molecular complexity index is 720. The van der Waals surface area contributed by atoms with Gasteiger partial charge in [0.1, 0.15) is 0 Å². The molecule has 0 spiro atoms. The number of halogens is 1. The third kappa shape index (κ3) is 4.58. The quantitative estimate of drug-likeness (QED) is 0.854. The van der Waals surface area contributed by atoms with Crippen molar-refractivity contribution in [3.05, 3.63) is 42.1 Å². The van der Waals surface area contributed by atoms with Gasteiger partial charge in [-0.05, 0) is 6.92 Å². The maximum atomic E-state index is 12.2. The second-order valence-electron chi connectivity index (χ2n) is 5.77. The van der Waals surface area contributed by atoms with E-state index >= 15 is 0 Å². The summed E-state index contributed by atoms with van der Waals surface area (Å²) in [5.41, 5.74) is 1.00. The lowest BCUT2D eigenvalue weighted by molar-refractivity contribution is -0.132. The van der Waals surface area contributed by atoms with E-state index in [1.54, 1.807) is 11.0 Å². The van der Waals surface area contributed by atoms with Crippen molar-refractivity contribution in [3.8, 4) is 11.3 Å². The van der Waals surface area contributed by atoms with Gasteiger partial charge in [0.05, 0.1) is 6.54 Å². The normalized spacial score (nSPS) is 16.8. The molecule has 1 aromatic heterocycles. The van der Waals surface area contributed by atoms with Crippen molar-refractivity contribution in [1.82, 2.24) is 20.7 Å². The molecule has 0 bridgehead atoms. The summed E-state index contributed by atoms with van der Waals surface area (Å²) in [5, 5.41) is 9.61. The Hall–Kier alpha value is -2.38. The zero-order chi connectivity index (χ0) is 16.9. The number of carbonyl (C=O) groups excluding carboxylic acids is 2. The van der Waals surface area contributed by atoms with Gasteiger partial charge >= 0.3 is 0 Å². The zero-order valence-electron chi connectivity index (χ0n) is 13.9. The van der Waals surface area contributed by atoms with Crippen LogP contribution < -0.4 is 10.6 Å². The number of hydrogen-bond acceptors (Lipinski definition) is 5. The van der Waals surface area contributed by atoms with Crippen LogP contribution in [-0.4, -0.2) is 54.1 Å². The van der Waals surface area contributed by atoms with Crippen LogP contribution in [0.3, 0.4) is 0 Å². The van der Waals surface area contributed by atoms with Crippen molar-refractivity contribution < 1.29 is 14.1 Å². The van der Waals surface area contributed by atoms with Crippen molar-refractivity contribution in [2.45, 2.75) is 13.0 Å². The molecule has 0 radical (unpaired) electrons. The standard InChI is InChI=1S/C17H20N4O3.ClH/c1-12-10-18-7-8-21(12)16(22)11-19-17(23)14-9-15(24-20-14)13-5-3-2-4-6-13;/h2-6,9,12,18H,7-8,10-11H2,1H3,(H,19,23);1H/t12-;/m0./s1. The summed E-state index contributed by atoms with van der Waals surface area (Å²) < 4.78 is 5.20. The highest BCUT2D eigenvalue weighted by Gasteiger charge is 2.23. The number of amides is 2. The highest BCUT2D eigenvalue weighted by atomic mass is 35.5. The molecule has 1 atom stereocenters. The molecule has 0 saturated carbocycles. The molecule has 7 nitrogen and oxygen atoms in total. The molecule has 1 fully saturated rings. The predicted molar refractivity (Wildman–Crippen MR) is 95.6 cm³/mol. The number of carbonyl (C=O) groups is 2. The molecule has 0 unspecified atom stereocenters. The number of hydrogen-bond donors (Lipinski definition) is 2. The fourth-order valence-electron chi connectivity index (χ4n) is 2.68. The molecule has 25 heavy (non-hydrogen) atoms. The van der Waals surface area contributed by atoms with Gasteiger partial charge in [0.15, 0.2) is 11.5 Å². The Labute approximate surface area is 152 Å². The summed E-state index contributed by atoms with van der Waals surface area (Å²) in [4.78, 5) is 26.1. The van der Waals surface area contributed by atoms with Gasteiger partial charge in [-0.1, -0.05) is 35.5 Å². The highest BCUT2D eigenvalue weighted by molar-refractivity contribution is 5.95. The zero-order valence-corrected chi connectivity index (χ0v) is 14.7. The van der Waals surface area contributed by atoms with Gasteiger partial charge in [-0.3, -0.25) is 9.59 Å². The van der Waals surface area contributed by atoms with Gasteiger partial charge < -0.3 is 20.1 Å². The number of rotatable bonds is 4. The van der Waals surface area contributed by atoms with Gasteiger partial charge in [0.25, 0.3) is 5.91 Å². The first-order chi connectivity index (χ1) is 11.6. The second-order valence-corrected chi connectivity index (χ2v) is 5.77. The molecular formula is C17H21ClN4O3. The summed E-state index contributed by atoms with van der Waals surface area (Å²) in [6.07, 6.45) is 0. The third-order valence-electron chi connectivity index (χ3n) is 4.02. The SMILES string of the molecule is C[C@H]1CNCCN1C(=O)CNC(=O)c1cc(-c2ccccc2)on1.Cl. The topological polar surface area (TPSA) is 87.5 Å². The predicted octanol–water partition coefficient (Wildman–Crippen LogP) is 1.31. The highest BCUT2D eigenvalue weighted by Crippen LogP contribution is 2.19. The largest absolute Gasteiger partial charge is 0.355 e. The minimum absolute atomic E-state index is 0. The van der Waals surface area contributed by atoms with Crippen molar-refractivity contribution in [2.24, 2.45) is 0 Å². The maximum absolute atomic E-state index is 12.2. The van der Waals surface area contributed by atoms with Gasteiger partial charge in [0.2, 0.25) is 5.91 Å². The molecule has 2 aromatic rings. The van der Waals surface area contributed by atoms with E-state index in [0.29, 0.717) is 12.3 Å². The van der Waals surface area contributed by atoms with Crippen molar-refractivity contribution in [1.29, 1.82) is 0 Å². The molecule has 8 heteroatoms. The molecule has 1 aliphatic rings. The summed E-state index contributed by atoms with van der Waals surface area (Å²) in [7, 11) is 0. The number of aromatic nitrogens is 1. The molecular weight excluding hydrogens is 344 g/mol. The summed E-state index contributed by atoms with van der Waals surface area (Å²) in [6.45, 7) is 4.13. The number of piperazine rings is 1. The Morgan fingerprint density at radius 3 is 2.84 bits per heavy atom. The van der Waals surface area contributed by atoms with Crippen LogP contribution in [-0.2, 0) is 4.79 Å². The first-order valence-electron chi connectivity index (χ1n) is 7.95. The van der Waals surface area contributed by atoms with Crippen molar-refractivity contribution in [3.63, 3.8) is 0 Å². The number of nitrogens with zero attached hydrogens (tertiary/aromatic N) is 2. The second kappa shape index (κ2) is 8.64. The van der Waals surface area contributed by atoms with E-state index in [1.165, 1.54) is 0 Å². The smallest absolute Gasteiger partial charge is 0.273 e. The van der Waals surface area contributed by atoms with Crippen LogP contribution in [0.25, 0.3) is 11.3 Å². The van der Waals surface area contributed by atoms with Gasteiger partial charge in [-0.15, -0.1) is 12.4 Å². The molecule has 134 valence electrons. The Morgan fingerprint density at radius 2 is 2.12 bits per heavy atom. The van der Waals surface area contributed by atoms with E-state index in [0.717, 1.165) is 18.7 Å². The molecule has 1 aliphatic heterocycles. The molecule has 3 rings (SSSR count). The van der Waals surface area contributed by atoms with Crippen LogP contribution in [0.1, 0.15) is 17.4 Å². The number of nitrogens with one attached hydrogen (secondary N) is 2. The molecule has 1 saturated heterocycles. The van der Waals surface area contributed by atoms with Crippen LogP contribution in [0.15, 0.2) is 40.9 Å². The monoisotopic (exact) mass is 364 g/mol. The van der Waals surface area contributed by atoms with Crippen molar-refractivity contribution >= 4 is 24.2 Å². The van der Waals surface area contributed by atoms with E-state index < -0.39 is 5.91 Å². The van der Waals surface area contributed by atoms with Gasteiger partial charge in [0, 0.05) is 37.3 Å². The first-order valence-corrected chi connectivity index (χ1v) is 7.95. The Balaban J connectivity index is 0.00000225. The van der Waals surface area contributed by atoms with Crippen LogP contribution >= 0.6 is 12.4 Å². The van der Waals surface area contributed by atoms with Crippen molar-refractivity contribution in [2.75, 3.05) is 26.2 Å². The summed E-state index contributed by atoms with van der Waals surface area (Å²) in [6, 6.07) is 11.1. The molecule has 0 aliphatic carbocycles. The van der Waals surface area contributed by atoms with Gasteiger partial charge in [-0.2, -0.15) is 0 Å². The lowest BCUT2D eigenvalue weighted by Crippen LogP contribution is -2.54. The van der Waals surface area contributed by atoms with E-state index in [2.05, 4.69) is 15.8 Å². The Morgan fingerprint density at radius 1 is 1.36 bits per heavy atom. The summed E-state index contributed by atoms with van der Waals surface area (Å²) >= 11 is 0. The van der Waals surface area contributed by atoms with Crippen LogP contribution in [0.2, 0.25) is 0 Å². The lowest BCUT2D eigenvalue weighted by atomic mass is 10.1. The molecule has 1 aromatic carbocycles. The lowest BCUT2D eigenvalue weighted by Gasteiger charge is -2.34. The Kier molecular flexibility index (Phi) is 6.55. The fourth-order valence-corrected chi connectivity index (χ4v) is 2.68. The number of benzene rings is 1. The minimum atomic E-state index is -0.419. The average Bonchev–Trinajstić information content (AvgIpc) is 3.11. The van der Waals surface area contributed by atoms with E-state index in [9.17, 15) is 9.59 Å². The minimum Gasteiger partial charge on any atom is -0.355 e. The fraction of sp³-hybridized carbons (Fsp3) is 0.353. The average molecular weight is 365 g/mol. The van der Waals surface area contributed by atoms with Crippen LogP contribution in [0.5, 0.6) is 0 Å². The maximum Gasteiger partial charge on any atom is 0.273 e. The van der Waals surface area contributed by atoms with E-state index in [-0.39, 0.29) is 36.6 Å². The molecule has 2 heterocycles. The summed E-state index contributed by atoms with van der Waals surface area (Å²) in [5.74, 6) is 0.00370. The van der Waals surface area contributed by atoms with Gasteiger partial charge in [-0.25, -0.2) is 0 Å². The van der Waals surface area contributed by atoms with Crippen LogP contribution in [0.4, 0.5) is 0 Å². The first kappa shape index (κ1) is 19.0. The van der Waals surface area contributed by atoms with Crippen LogP contribution in [0, 0.1) is 0 Å².